The van der Waals surface area contributed by atoms with Gasteiger partial charge in [-0.1, -0.05) is 31.2 Å². The van der Waals surface area contributed by atoms with E-state index in [0.717, 1.165) is 64.4 Å². The minimum Gasteiger partial charge on any atom is -0.497 e. The van der Waals surface area contributed by atoms with Crippen molar-refractivity contribution in [3.05, 3.63) is 111 Å². The predicted molar refractivity (Wildman–Crippen MR) is 157 cm³/mol. The van der Waals surface area contributed by atoms with Crippen molar-refractivity contribution in [2.45, 2.75) is 59.0 Å². The Bertz CT molecular complexity index is 1540. The number of nitriles is 1. The van der Waals surface area contributed by atoms with E-state index in [0.29, 0.717) is 30.0 Å². The summed E-state index contributed by atoms with van der Waals surface area (Å²) >= 11 is 0. The van der Waals surface area contributed by atoms with Gasteiger partial charge in [0.05, 0.1) is 24.7 Å². The lowest BCUT2D eigenvalue weighted by Crippen LogP contribution is -2.39. The molecule has 3 aromatic carbocycles. The number of nitrogens with two attached hydrogens (primary N) is 1. The number of carbonyl (C=O) groups excluding carboxylic acids is 1. The number of carbonyl (C=O) groups is 1. The van der Waals surface area contributed by atoms with E-state index >= 15 is 0 Å². The smallest absolute Gasteiger partial charge is 0.161 e. The largest absolute Gasteiger partial charge is 0.497 e. The molecular formula is C34H35N3O3. The zero-order chi connectivity index (χ0) is 28.4. The second-order valence-electron chi connectivity index (χ2n) is 10.4. The predicted octanol–water partition coefficient (Wildman–Crippen LogP) is 6.76. The lowest BCUT2D eigenvalue weighted by Gasteiger charge is -2.40. The van der Waals surface area contributed by atoms with Crippen LogP contribution in [0.15, 0.2) is 83.3 Å². The zero-order valence-corrected chi connectivity index (χ0v) is 23.6. The molecule has 0 saturated heterocycles. The van der Waals surface area contributed by atoms with Gasteiger partial charge in [0.2, 0.25) is 0 Å². The Morgan fingerprint density at radius 2 is 1.70 bits per heavy atom. The van der Waals surface area contributed by atoms with Gasteiger partial charge in [-0.3, -0.25) is 9.69 Å². The summed E-state index contributed by atoms with van der Waals surface area (Å²) < 4.78 is 11.3. The first-order valence-corrected chi connectivity index (χ1v) is 13.8. The van der Waals surface area contributed by atoms with E-state index in [2.05, 4.69) is 44.2 Å². The molecule has 1 unspecified atom stereocenters. The highest BCUT2D eigenvalue weighted by Crippen LogP contribution is 2.47. The van der Waals surface area contributed by atoms with E-state index in [-0.39, 0.29) is 5.78 Å². The van der Waals surface area contributed by atoms with Crippen molar-refractivity contribution in [1.82, 2.24) is 0 Å². The maximum atomic E-state index is 13.6. The van der Waals surface area contributed by atoms with Crippen LogP contribution in [0.5, 0.6) is 11.5 Å². The number of nitrogens with zero attached hydrogens (tertiary/aromatic N) is 2. The van der Waals surface area contributed by atoms with Crippen molar-refractivity contribution in [3.63, 3.8) is 0 Å². The van der Waals surface area contributed by atoms with Crippen molar-refractivity contribution in [1.29, 1.82) is 5.26 Å². The minimum atomic E-state index is -0.515. The van der Waals surface area contributed by atoms with Crippen LogP contribution in [0.3, 0.4) is 0 Å². The fourth-order valence-electron chi connectivity index (χ4n) is 5.79. The second kappa shape index (κ2) is 11.3. The average Bonchev–Trinajstić information content (AvgIpc) is 2.97. The number of Topliss-reactive ketones (excluding diaryl/α,β-unsaturated/α-hetero) is 1. The highest BCUT2D eigenvalue weighted by molar-refractivity contribution is 6.01. The number of anilines is 1. The highest BCUT2D eigenvalue weighted by atomic mass is 16.5. The van der Waals surface area contributed by atoms with E-state index in [4.69, 9.17) is 15.2 Å². The van der Waals surface area contributed by atoms with Gasteiger partial charge in [-0.05, 0) is 97.3 Å². The van der Waals surface area contributed by atoms with E-state index in [9.17, 15) is 10.1 Å². The number of allylic oxidation sites excluding steroid dienone is 3. The quantitative estimate of drug-likeness (QED) is 0.361. The summed E-state index contributed by atoms with van der Waals surface area (Å²) in [5.74, 6) is 1.46. The molecule has 6 nitrogen and oxygen atoms in total. The molecule has 1 heterocycles. The lowest BCUT2D eigenvalue weighted by molar-refractivity contribution is -0.116. The first-order valence-electron chi connectivity index (χ1n) is 13.8. The van der Waals surface area contributed by atoms with Crippen LogP contribution in [0.2, 0.25) is 0 Å². The fraction of sp³-hybridized carbons (Fsp3) is 0.294. The van der Waals surface area contributed by atoms with E-state index in [1.54, 1.807) is 7.11 Å². The Hall–Kier alpha value is -4.50. The summed E-state index contributed by atoms with van der Waals surface area (Å²) in [6.07, 6.45) is 2.89. The molecule has 40 heavy (non-hydrogen) atoms. The monoisotopic (exact) mass is 533 g/mol. The lowest BCUT2D eigenvalue weighted by atomic mass is 9.74. The van der Waals surface area contributed by atoms with Gasteiger partial charge in [0, 0.05) is 23.4 Å². The third-order valence-electron chi connectivity index (χ3n) is 8.01. The molecular weight excluding hydrogens is 498 g/mol. The van der Waals surface area contributed by atoms with Crippen LogP contribution >= 0.6 is 0 Å². The van der Waals surface area contributed by atoms with Crippen molar-refractivity contribution in [2.24, 2.45) is 5.73 Å². The normalized spacial score (nSPS) is 17.0. The van der Waals surface area contributed by atoms with Crippen LogP contribution < -0.4 is 20.1 Å². The van der Waals surface area contributed by atoms with Crippen LogP contribution in [0.1, 0.15) is 59.9 Å². The SMILES string of the molecule is CCc1ccc(N2C(N)=C(C#N)C(c3cc(COc4ccc(OC)cc4)c(C)cc3C)C3=C2CCCC3=O)cc1. The molecule has 1 aliphatic heterocycles. The number of aryl methyl sites for hydroxylation is 3. The summed E-state index contributed by atoms with van der Waals surface area (Å²) in [4.78, 5) is 15.5. The van der Waals surface area contributed by atoms with Crippen molar-refractivity contribution in [2.75, 3.05) is 12.0 Å². The molecule has 0 spiro atoms. The Kier molecular flexibility index (Phi) is 7.66. The molecule has 0 amide bonds. The molecule has 0 bridgehead atoms. The number of methoxy groups -OCH3 is 1. The molecule has 0 radical (unpaired) electrons. The van der Waals surface area contributed by atoms with Gasteiger partial charge in [-0.25, -0.2) is 0 Å². The minimum absolute atomic E-state index is 0.0812. The van der Waals surface area contributed by atoms with E-state index in [1.807, 2.05) is 48.2 Å². The first kappa shape index (κ1) is 27.1. The molecule has 2 aliphatic rings. The standard InChI is InChI=1S/C34H35N3O3/c1-5-23-9-11-25(12-10-23)37-30-7-6-8-31(38)33(30)32(29(19-35)34(37)36)28-18-24(21(2)17-22(28)3)20-40-27-15-13-26(39-4)14-16-27/h9-18,32H,5-8,20,36H2,1-4H3. The fourth-order valence-corrected chi connectivity index (χ4v) is 5.79. The molecule has 2 N–H and O–H groups in total. The van der Waals surface area contributed by atoms with E-state index < -0.39 is 5.92 Å². The van der Waals surface area contributed by atoms with Crippen LogP contribution in [0.4, 0.5) is 5.69 Å². The van der Waals surface area contributed by atoms with Gasteiger partial charge < -0.3 is 15.2 Å². The summed E-state index contributed by atoms with van der Waals surface area (Å²) in [5, 5.41) is 10.4. The zero-order valence-electron chi connectivity index (χ0n) is 23.6. The average molecular weight is 534 g/mol. The third kappa shape index (κ3) is 4.96. The molecule has 1 aliphatic carbocycles. The summed E-state index contributed by atoms with van der Waals surface area (Å²) in [7, 11) is 1.63. The summed E-state index contributed by atoms with van der Waals surface area (Å²) in [6, 6.07) is 22.3. The molecule has 204 valence electrons. The molecule has 0 aromatic heterocycles. The third-order valence-corrected chi connectivity index (χ3v) is 8.01. The molecule has 0 saturated carbocycles. The van der Waals surface area contributed by atoms with Gasteiger partial charge >= 0.3 is 0 Å². The topological polar surface area (TPSA) is 88.6 Å². The van der Waals surface area contributed by atoms with Gasteiger partial charge in [0.25, 0.3) is 0 Å². The van der Waals surface area contributed by atoms with E-state index in [1.165, 1.54) is 5.56 Å². The van der Waals surface area contributed by atoms with Crippen LogP contribution in [0, 0.1) is 25.2 Å². The van der Waals surface area contributed by atoms with Gasteiger partial charge in [0.15, 0.2) is 5.78 Å². The first-order chi connectivity index (χ1) is 19.4. The summed E-state index contributed by atoms with van der Waals surface area (Å²) in [6.45, 7) is 6.56. The Labute approximate surface area is 236 Å². The number of benzene rings is 3. The second-order valence-corrected chi connectivity index (χ2v) is 10.4. The molecule has 1 atom stereocenters. The molecule has 5 rings (SSSR count). The number of hydrogen-bond acceptors (Lipinski definition) is 6. The molecule has 0 fully saturated rings. The molecule has 6 heteroatoms. The Morgan fingerprint density at radius 1 is 1.00 bits per heavy atom. The number of ketones is 1. The highest BCUT2D eigenvalue weighted by Gasteiger charge is 2.41. The van der Waals surface area contributed by atoms with Gasteiger partial charge in [0.1, 0.15) is 23.9 Å². The van der Waals surface area contributed by atoms with Gasteiger partial charge in [-0.2, -0.15) is 5.26 Å². The Balaban J connectivity index is 1.58. The Morgan fingerprint density at radius 3 is 2.35 bits per heavy atom. The number of hydrogen-bond donors (Lipinski definition) is 1. The number of rotatable bonds is 7. The maximum absolute atomic E-state index is 13.6. The van der Waals surface area contributed by atoms with Crippen molar-refractivity contribution < 1.29 is 14.3 Å². The molecule has 3 aromatic rings. The van der Waals surface area contributed by atoms with Crippen molar-refractivity contribution in [3.8, 4) is 17.6 Å². The van der Waals surface area contributed by atoms with Crippen LogP contribution in [-0.4, -0.2) is 12.9 Å². The summed E-state index contributed by atoms with van der Waals surface area (Å²) in [5.41, 5.74) is 14.9. The van der Waals surface area contributed by atoms with Crippen molar-refractivity contribution >= 4 is 11.5 Å². The van der Waals surface area contributed by atoms with Crippen LogP contribution in [-0.2, 0) is 17.8 Å². The van der Waals surface area contributed by atoms with Crippen LogP contribution in [0.25, 0.3) is 0 Å². The van der Waals surface area contributed by atoms with Gasteiger partial charge in [-0.15, -0.1) is 0 Å². The number of ether oxygens (including phenoxy) is 2. The maximum Gasteiger partial charge on any atom is 0.161 e.